The first-order chi connectivity index (χ1) is 6.13. The van der Waals surface area contributed by atoms with Crippen LogP contribution in [0.3, 0.4) is 0 Å². The Morgan fingerprint density at radius 3 is 2.85 bits per heavy atom. The number of hydrogen-bond acceptors (Lipinski definition) is 2. The summed E-state index contributed by atoms with van der Waals surface area (Å²) >= 11 is 2.05. The Bertz CT molecular complexity index is 382. The average Bonchev–Trinajstić information content (AvgIpc) is 2.09. The number of benzene rings is 1. The van der Waals surface area contributed by atoms with Crippen molar-refractivity contribution in [1.82, 2.24) is 0 Å². The van der Waals surface area contributed by atoms with E-state index in [1.54, 1.807) is 12.1 Å². The smallest absolute Gasteiger partial charge is 0.300 e. The van der Waals surface area contributed by atoms with Gasteiger partial charge in [-0.05, 0) is 46.7 Å². The van der Waals surface area contributed by atoms with Crippen LogP contribution in [-0.2, 0) is 4.79 Å². The van der Waals surface area contributed by atoms with Crippen LogP contribution in [-0.4, -0.2) is 11.0 Å². The lowest BCUT2D eigenvalue weighted by Gasteiger charge is -2.03. The highest BCUT2D eigenvalue weighted by molar-refractivity contribution is 14.1. The monoisotopic (exact) mass is 287 g/mol. The number of aromatic hydroxyl groups is 1. The third kappa shape index (κ3) is 2.63. The number of rotatable bonds is 1. The fraction of sp³-hybridized carbons (Fsp3) is 0. The molecule has 0 bridgehead atoms. The number of phenols is 1. The van der Waals surface area contributed by atoms with Crippen LogP contribution in [0.4, 0.5) is 5.69 Å². The molecule has 0 heterocycles. The van der Waals surface area contributed by atoms with E-state index in [2.05, 4.69) is 27.9 Å². The molecule has 1 amide bonds. The fourth-order valence-corrected chi connectivity index (χ4v) is 1.24. The summed E-state index contributed by atoms with van der Waals surface area (Å²) in [7, 11) is 0. The van der Waals surface area contributed by atoms with Crippen molar-refractivity contribution in [2.75, 3.05) is 5.32 Å². The largest absolute Gasteiger partial charge is 0.506 e. The molecule has 0 aromatic heterocycles. The summed E-state index contributed by atoms with van der Waals surface area (Å²) in [6, 6.07) is 4.88. The van der Waals surface area contributed by atoms with Gasteiger partial charge in [0.05, 0.1) is 5.69 Å². The zero-order chi connectivity index (χ0) is 9.84. The van der Waals surface area contributed by atoms with Crippen LogP contribution in [0.25, 0.3) is 0 Å². The van der Waals surface area contributed by atoms with Crippen LogP contribution < -0.4 is 5.32 Å². The third-order valence-electron chi connectivity index (χ3n) is 1.34. The van der Waals surface area contributed by atoms with Gasteiger partial charge in [-0.2, -0.15) is 0 Å². The molecule has 1 aromatic carbocycles. The molecule has 0 unspecified atom stereocenters. The normalized spacial score (nSPS) is 8.92. The van der Waals surface area contributed by atoms with Gasteiger partial charge in [0.25, 0.3) is 5.91 Å². The molecule has 0 atom stereocenters. The lowest BCUT2D eigenvalue weighted by molar-refractivity contribution is -0.111. The van der Waals surface area contributed by atoms with Crippen LogP contribution >= 0.6 is 22.6 Å². The SMILES string of the molecule is C#CC(=O)Nc1ccc(I)cc1O. The first-order valence-electron chi connectivity index (χ1n) is 3.39. The van der Waals surface area contributed by atoms with Crippen molar-refractivity contribution in [1.29, 1.82) is 0 Å². The number of hydrogen-bond donors (Lipinski definition) is 2. The standard InChI is InChI=1S/C9H6INO2/c1-2-9(13)11-7-4-3-6(10)5-8(7)12/h1,3-5,12H,(H,11,13). The lowest BCUT2D eigenvalue weighted by Crippen LogP contribution is -2.07. The number of carbonyl (C=O) groups is 1. The second-order valence-corrected chi connectivity index (χ2v) is 3.51. The molecule has 3 nitrogen and oxygen atoms in total. The van der Waals surface area contributed by atoms with Gasteiger partial charge in [-0.15, -0.1) is 6.42 Å². The van der Waals surface area contributed by atoms with E-state index >= 15 is 0 Å². The van der Waals surface area contributed by atoms with E-state index in [1.165, 1.54) is 6.07 Å². The molecule has 0 aliphatic heterocycles. The summed E-state index contributed by atoms with van der Waals surface area (Å²) in [6.07, 6.45) is 4.85. The Hall–Kier alpha value is -1.22. The molecule has 0 spiro atoms. The number of terminal acetylenes is 1. The van der Waals surface area contributed by atoms with Crippen LogP contribution in [0.1, 0.15) is 0 Å². The van der Waals surface area contributed by atoms with Gasteiger partial charge in [0.2, 0.25) is 0 Å². The van der Waals surface area contributed by atoms with Crippen molar-refractivity contribution in [2.24, 2.45) is 0 Å². The number of halogens is 1. The Morgan fingerprint density at radius 2 is 2.31 bits per heavy atom. The molecular weight excluding hydrogens is 281 g/mol. The van der Waals surface area contributed by atoms with Gasteiger partial charge in [0.15, 0.2) is 0 Å². The molecule has 0 radical (unpaired) electrons. The number of amides is 1. The average molecular weight is 287 g/mol. The van der Waals surface area contributed by atoms with Gasteiger partial charge >= 0.3 is 0 Å². The van der Waals surface area contributed by atoms with E-state index in [0.717, 1.165) is 3.57 Å². The van der Waals surface area contributed by atoms with Crippen LogP contribution in [0.5, 0.6) is 5.75 Å². The van der Waals surface area contributed by atoms with Crippen molar-refractivity contribution in [3.8, 4) is 18.1 Å². The number of carbonyl (C=O) groups excluding carboxylic acids is 1. The first kappa shape index (κ1) is 9.86. The number of nitrogens with one attached hydrogen (secondary N) is 1. The Kier molecular flexibility index (Phi) is 3.14. The van der Waals surface area contributed by atoms with Crippen molar-refractivity contribution in [3.63, 3.8) is 0 Å². The summed E-state index contributed by atoms with van der Waals surface area (Å²) in [5, 5.41) is 11.7. The quantitative estimate of drug-likeness (QED) is 0.468. The minimum atomic E-state index is -0.573. The maximum absolute atomic E-state index is 10.8. The zero-order valence-electron chi connectivity index (χ0n) is 6.54. The maximum Gasteiger partial charge on any atom is 0.300 e. The van der Waals surface area contributed by atoms with E-state index in [0.29, 0.717) is 5.69 Å². The highest BCUT2D eigenvalue weighted by atomic mass is 127. The first-order valence-corrected chi connectivity index (χ1v) is 4.47. The highest BCUT2D eigenvalue weighted by Crippen LogP contribution is 2.24. The Morgan fingerprint density at radius 1 is 1.62 bits per heavy atom. The molecule has 0 saturated heterocycles. The van der Waals surface area contributed by atoms with Crippen LogP contribution in [0, 0.1) is 15.9 Å². The van der Waals surface area contributed by atoms with E-state index in [9.17, 15) is 9.90 Å². The molecule has 4 heteroatoms. The van der Waals surface area contributed by atoms with E-state index in [1.807, 2.05) is 5.92 Å². The van der Waals surface area contributed by atoms with Gasteiger partial charge in [0.1, 0.15) is 5.75 Å². The predicted octanol–water partition coefficient (Wildman–Crippen LogP) is 1.57. The highest BCUT2D eigenvalue weighted by Gasteiger charge is 2.03. The summed E-state index contributed by atoms with van der Waals surface area (Å²) < 4.78 is 0.883. The fourth-order valence-electron chi connectivity index (χ4n) is 0.769. The molecule has 1 rings (SSSR count). The van der Waals surface area contributed by atoms with E-state index < -0.39 is 5.91 Å². The molecular formula is C9H6INO2. The van der Waals surface area contributed by atoms with Gasteiger partial charge in [-0.3, -0.25) is 4.79 Å². The maximum atomic E-state index is 10.8. The van der Waals surface area contributed by atoms with Crippen molar-refractivity contribution in [2.45, 2.75) is 0 Å². The molecule has 0 saturated carbocycles. The van der Waals surface area contributed by atoms with Gasteiger partial charge in [-0.25, -0.2) is 0 Å². The van der Waals surface area contributed by atoms with Crippen LogP contribution in [0.15, 0.2) is 18.2 Å². The van der Waals surface area contributed by atoms with E-state index in [4.69, 9.17) is 6.42 Å². The second kappa shape index (κ2) is 4.14. The molecule has 0 fully saturated rings. The van der Waals surface area contributed by atoms with Crippen molar-refractivity contribution < 1.29 is 9.90 Å². The predicted molar refractivity (Wildman–Crippen MR) is 58.3 cm³/mol. The molecule has 0 aliphatic rings. The molecule has 13 heavy (non-hydrogen) atoms. The van der Waals surface area contributed by atoms with E-state index in [-0.39, 0.29) is 5.75 Å². The summed E-state index contributed by atoms with van der Waals surface area (Å²) in [5.74, 6) is 1.33. The van der Waals surface area contributed by atoms with Crippen molar-refractivity contribution >= 4 is 34.2 Å². The van der Waals surface area contributed by atoms with Gasteiger partial charge in [-0.1, -0.05) is 0 Å². The zero-order valence-corrected chi connectivity index (χ0v) is 8.70. The van der Waals surface area contributed by atoms with Crippen LogP contribution in [0.2, 0.25) is 0 Å². The lowest BCUT2D eigenvalue weighted by atomic mass is 10.3. The number of anilines is 1. The summed E-state index contributed by atoms with van der Waals surface area (Å²) in [6.45, 7) is 0. The number of phenolic OH excluding ortho intramolecular Hbond substituents is 1. The summed E-state index contributed by atoms with van der Waals surface area (Å²) in [4.78, 5) is 10.8. The third-order valence-corrected chi connectivity index (χ3v) is 2.01. The minimum Gasteiger partial charge on any atom is -0.506 e. The minimum absolute atomic E-state index is 0.00972. The molecule has 2 N–H and O–H groups in total. The Labute approximate surface area is 89.3 Å². The van der Waals surface area contributed by atoms with Gasteiger partial charge < -0.3 is 10.4 Å². The molecule has 0 aliphatic carbocycles. The summed E-state index contributed by atoms with van der Waals surface area (Å²) in [5.41, 5.74) is 0.323. The Balaban J connectivity index is 2.91. The molecule has 66 valence electrons. The topological polar surface area (TPSA) is 49.3 Å². The van der Waals surface area contributed by atoms with Crippen molar-refractivity contribution in [3.05, 3.63) is 21.8 Å². The molecule has 1 aromatic rings. The second-order valence-electron chi connectivity index (χ2n) is 2.26. The van der Waals surface area contributed by atoms with Gasteiger partial charge in [0, 0.05) is 3.57 Å².